The van der Waals surface area contributed by atoms with Crippen LogP contribution < -0.4 is 15.4 Å². The Balaban J connectivity index is 2.46. The molecule has 0 aliphatic rings. The average molecular weight is 264 g/mol. The van der Waals surface area contributed by atoms with E-state index in [2.05, 4.69) is 10.6 Å². The Morgan fingerprint density at radius 3 is 2.53 bits per heavy atom. The normalized spacial score (nSPS) is 10.8. The molecule has 0 spiro atoms. The van der Waals surface area contributed by atoms with Crippen LogP contribution in [-0.2, 0) is 11.3 Å². The van der Waals surface area contributed by atoms with Gasteiger partial charge in [-0.2, -0.15) is 0 Å². The minimum Gasteiger partial charge on any atom is -0.491 e. The molecule has 0 aliphatic carbocycles. The molecule has 0 bridgehead atoms. The van der Waals surface area contributed by atoms with Crippen molar-refractivity contribution in [3.8, 4) is 5.75 Å². The molecule has 0 heterocycles. The van der Waals surface area contributed by atoms with Crippen LogP contribution in [0.25, 0.3) is 0 Å². The lowest BCUT2D eigenvalue weighted by Crippen LogP contribution is -2.37. The Morgan fingerprint density at radius 1 is 1.21 bits per heavy atom. The third kappa shape index (κ3) is 6.25. The fraction of sp³-hybridized carbons (Fsp3) is 0.533. The Bertz CT molecular complexity index is 403. The zero-order valence-electron chi connectivity index (χ0n) is 12.2. The first-order valence-corrected chi connectivity index (χ1v) is 6.73. The molecular weight excluding hydrogens is 240 g/mol. The molecule has 19 heavy (non-hydrogen) atoms. The highest BCUT2D eigenvalue weighted by molar-refractivity contribution is 5.78. The van der Waals surface area contributed by atoms with Crippen LogP contribution in [0.4, 0.5) is 0 Å². The van der Waals surface area contributed by atoms with Crippen LogP contribution in [0, 0.1) is 0 Å². The molecule has 4 nitrogen and oxygen atoms in total. The van der Waals surface area contributed by atoms with Crippen LogP contribution in [-0.4, -0.2) is 24.6 Å². The molecule has 106 valence electrons. The summed E-state index contributed by atoms with van der Waals surface area (Å²) in [7, 11) is 0. The van der Waals surface area contributed by atoms with E-state index >= 15 is 0 Å². The van der Waals surface area contributed by atoms with E-state index in [-0.39, 0.29) is 18.1 Å². The van der Waals surface area contributed by atoms with Crippen molar-refractivity contribution in [2.75, 3.05) is 6.54 Å². The van der Waals surface area contributed by atoms with Crippen molar-refractivity contribution in [1.82, 2.24) is 10.6 Å². The smallest absolute Gasteiger partial charge is 0.234 e. The highest BCUT2D eigenvalue weighted by atomic mass is 16.5. The molecule has 0 atom stereocenters. The SMILES string of the molecule is CC(C)NC(=O)CNCc1ccccc1OC(C)C. The maximum Gasteiger partial charge on any atom is 0.234 e. The van der Waals surface area contributed by atoms with Gasteiger partial charge in [-0.15, -0.1) is 0 Å². The Hall–Kier alpha value is -1.55. The van der Waals surface area contributed by atoms with E-state index in [1.165, 1.54) is 0 Å². The molecule has 0 unspecified atom stereocenters. The van der Waals surface area contributed by atoms with Gasteiger partial charge in [0.15, 0.2) is 0 Å². The number of ether oxygens (including phenoxy) is 1. The maximum absolute atomic E-state index is 11.5. The number of hydrogen-bond acceptors (Lipinski definition) is 3. The molecule has 0 saturated carbocycles. The van der Waals surface area contributed by atoms with Gasteiger partial charge in [-0.3, -0.25) is 4.79 Å². The van der Waals surface area contributed by atoms with Crippen molar-refractivity contribution in [2.24, 2.45) is 0 Å². The summed E-state index contributed by atoms with van der Waals surface area (Å²) in [6.07, 6.45) is 0.144. The summed E-state index contributed by atoms with van der Waals surface area (Å²) >= 11 is 0. The summed E-state index contributed by atoms with van der Waals surface area (Å²) in [5.74, 6) is 0.881. The van der Waals surface area contributed by atoms with Gasteiger partial charge in [0.05, 0.1) is 12.6 Å². The molecule has 0 fully saturated rings. The molecule has 0 radical (unpaired) electrons. The van der Waals surface area contributed by atoms with E-state index in [9.17, 15) is 4.79 Å². The van der Waals surface area contributed by atoms with E-state index in [0.717, 1.165) is 11.3 Å². The number of carbonyl (C=O) groups excluding carboxylic acids is 1. The van der Waals surface area contributed by atoms with E-state index in [4.69, 9.17) is 4.74 Å². The summed E-state index contributed by atoms with van der Waals surface area (Å²) in [6.45, 7) is 8.83. The third-order valence-corrected chi connectivity index (χ3v) is 2.39. The van der Waals surface area contributed by atoms with Gasteiger partial charge in [-0.25, -0.2) is 0 Å². The lowest BCUT2D eigenvalue weighted by Gasteiger charge is -2.15. The fourth-order valence-corrected chi connectivity index (χ4v) is 1.70. The second kappa shape index (κ2) is 7.79. The number of rotatable bonds is 7. The van der Waals surface area contributed by atoms with Crippen LogP contribution in [0.2, 0.25) is 0 Å². The summed E-state index contributed by atoms with van der Waals surface area (Å²) < 4.78 is 5.73. The number of benzene rings is 1. The maximum atomic E-state index is 11.5. The van der Waals surface area contributed by atoms with Gasteiger partial charge in [0.25, 0.3) is 0 Å². The molecular formula is C15H24N2O2. The molecule has 1 aromatic carbocycles. The zero-order valence-corrected chi connectivity index (χ0v) is 12.2. The summed E-state index contributed by atoms with van der Waals surface area (Å²) in [6, 6.07) is 8.05. The average Bonchev–Trinajstić information content (AvgIpc) is 2.29. The highest BCUT2D eigenvalue weighted by Crippen LogP contribution is 2.18. The van der Waals surface area contributed by atoms with Crippen LogP contribution in [0.3, 0.4) is 0 Å². The van der Waals surface area contributed by atoms with Crippen molar-refractivity contribution < 1.29 is 9.53 Å². The fourth-order valence-electron chi connectivity index (χ4n) is 1.70. The van der Waals surface area contributed by atoms with E-state index < -0.39 is 0 Å². The Labute approximate surface area is 115 Å². The summed E-state index contributed by atoms with van der Waals surface area (Å²) in [4.78, 5) is 11.5. The second-order valence-corrected chi connectivity index (χ2v) is 5.10. The molecule has 0 aliphatic heterocycles. The molecule has 4 heteroatoms. The first-order valence-electron chi connectivity index (χ1n) is 6.73. The number of amides is 1. The number of carbonyl (C=O) groups is 1. The van der Waals surface area contributed by atoms with Gasteiger partial charge in [-0.1, -0.05) is 18.2 Å². The monoisotopic (exact) mass is 264 g/mol. The van der Waals surface area contributed by atoms with Crippen LogP contribution in [0.5, 0.6) is 5.75 Å². The lowest BCUT2D eigenvalue weighted by atomic mass is 10.2. The molecule has 0 saturated heterocycles. The van der Waals surface area contributed by atoms with Gasteiger partial charge >= 0.3 is 0 Å². The van der Waals surface area contributed by atoms with Crippen molar-refractivity contribution in [2.45, 2.75) is 46.4 Å². The summed E-state index contributed by atoms with van der Waals surface area (Å²) in [5, 5.41) is 5.97. The predicted octanol–water partition coefficient (Wildman–Crippen LogP) is 2.09. The predicted molar refractivity (Wildman–Crippen MR) is 77.2 cm³/mol. The topological polar surface area (TPSA) is 50.4 Å². The summed E-state index contributed by atoms with van der Waals surface area (Å²) in [5.41, 5.74) is 1.06. The van der Waals surface area contributed by atoms with Crippen molar-refractivity contribution in [3.05, 3.63) is 29.8 Å². The minimum absolute atomic E-state index is 0.0114. The van der Waals surface area contributed by atoms with Gasteiger partial charge < -0.3 is 15.4 Å². The van der Waals surface area contributed by atoms with Crippen LogP contribution in [0.1, 0.15) is 33.3 Å². The highest BCUT2D eigenvalue weighted by Gasteiger charge is 2.06. The first-order chi connectivity index (χ1) is 8.99. The van der Waals surface area contributed by atoms with Crippen molar-refractivity contribution in [3.63, 3.8) is 0 Å². The first kappa shape index (κ1) is 15.5. The molecule has 1 aromatic rings. The van der Waals surface area contributed by atoms with Gasteiger partial charge in [0.1, 0.15) is 5.75 Å². The van der Waals surface area contributed by atoms with E-state index in [1.807, 2.05) is 52.0 Å². The molecule has 1 amide bonds. The largest absolute Gasteiger partial charge is 0.491 e. The van der Waals surface area contributed by atoms with Crippen molar-refractivity contribution >= 4 is 5.91 Å². The molecule has 0 aromatic heterocycles. The molecule has 2 N–H and O–H groups in total. The van der Waals surface area contributed by atoms with Gasteiger partial charge in [-0.05, 0) is 33.8 Å². The second-order valence-electron chi connectivity index (χ2n) is 5.10. The Morgan fingerprint density at radius 2 is 1.89 bits per heavy atom. The minimum atomic E-state index is 0.0114. The zero-order chi connectivity index (χ0) is 14.3. The van der Waals surface area contributed by atoms with Crippen LogP contribution >= 0.6 is 0 Å². The third-order valence-electron chi connectivity index (χ3n) is 2.39. The van der Waals surface area contributed by atoms with Crippen LogP contribution in [0.15, 0.2) is 24.3 Å². The quantitative estimate of drug-likeness (QED) is 0.793. The standard InChI is InChI=1S/C15H24N2O2/c1-11(2)17-15(18)10-16-9-13-7-5-6-8-14(13)19-12(3)4/h5-8,11-12,16H,9-10H2,1-4H3,(H,17,18). The lowest BCUT2D eigenvalue weighted by molar-refractivity contribution is -0.120. The molecule has 1 rings (SSSR count). The van der Waals surface area contributed by atoms with Crippen molar-refractivity contribution in [1.29, 1.82) is 0 Å². The van der Waals surface area contributed by atoms with Gasteiger partial charge in [0.2, 0.25) is 5.91 Å². The van der Waals surface area contributed by atoms with E-state index in [0.29, 0.717) is 13.1 Å². The van der Waals surface area contributed by atoms with E-state index in [1.54, 1.807) is 0 Å². The van der Waals surface area contributed by atoms with Gasteiger partial charge in [0, 0.05) is 18.2 Å². The number of nitrogens with one attached hydrogen (secondary N) is 2. The Kier molecular flexibility index (Phi) is 6.36. The number of hydrogen-bond donors (Lipinski definition) is 2. The number of para-hydroxylation sites is 1.